The lowest BCUT2D eigenvalue weighted by Gasteiger charge is -2.22. The van der Waals surface area contributed by atoms with Crippen LogP contribution in [0.15, 0.2) is 54.0 Å². The number of thiophene rings is 1. The second kappa shape index (κ2) is 7.92. The van der Waals surface area contributed by atoms with Gasteiger partial charge in [0.1, 0.15) is 5.69 Å². The van der Waals surface area contributed by atoms with Crippen molar-refractivity contribution in [2.24, 2.45) is 11.1 Å². The number of aromatic nitrogens is 2. The predicted molar refractivity (Wildman–Crippen MR) is 111 cm³/mol. The Kier molecular flexibility index (Phi) is 5.82. The van der Waals surface area contributed by atoms with Crippen LogP contribution < -0.4 is 5.73 Å². The first-order valence-electron chi connectivity index (χ1n) is 8.77. The average molecular weight is 389 g/mol. The summed E-state index contributed by atoms with van der Waals surface area (Å²) in [4.78, 5) is 3.74. The molecule has 4 rings (SSSR count). The summed E-state index contributed by atoms with van der Waals surface area (Å²) in [5, 5.41) is 7.01. The van der Waals surface area contributed by atoms with Gasteiger partial charge in [0.05, 0.1) is 10.6 Å². The topological polar surface area (TPSA) is 47.1 Å². The SMILES string of the molecule is CC1(CN)CCN(Cc2cn(-c3ccccc3)nc2-c2cccs2)C1.Cl. The highest BCUT2D eigenvalue weighted by molar-refractivity contribution is 7.13. The molecule has 0 saturated carbocycles. The van der Waals surface area contributed by atoms with E-state index in [1.807, 2.05) is 10.7 Å². The van der Waals surface area contributed by atoms with E-state index in [1.165, 1.54) is 16.9 Å². The molecule has 3 heterocycles. The molecule has 0 bridgehead atoms. The van der Waals surface area contributed by atoms with E-state index in [1.54, 1.807) is 11.3 Å². The van der Waals surface area contributed by atoms with Crippen molar-refractivity contribution < 1.29 is 0 Å². The van der Waals surface area contributed by atoms with E-state index in [9.17, 15) is 0 Å². The van der Waals surface area contributed by atoms with E-state index in [0.717, 1.165) is 37.6 Å². The number of hydrogen-bond donors (Lipinski definition) is 1. The third-order valence-electron chi connectivity index (χ3n) is 5.09. The maximum absolute atomic E-state index is 5.97. The van der Waals surface area contributed by atoms with Gasteiger partial charge in [0.2, 0.25) is 0 Å². The zero-order valence-corrected chi connectivity index (χ0v) is 16.6. The van der Waals surface area contributed by atoms with Gasteiger partial charge in [0, 0.05) is 24.8 Å². The molecule has 138 valence electrons. The summed E-state index contributed by atoms with van der Waals surface area (Å²) < 4.78 is 2.00. The minimum Gasteiger partial charge on any atom is -0.330 e. The molecule has 1 unspecified atom stereocenters. The van der Waals surface area contributed by atoms with E-state index in [2.05, 4.69) is 59.8 Å². The van der Waals surface area contributed by atoms with Crippen LogP contribution in [-0.4, -0.2) is 34.3 Å². The molecule has 0 amide bonds. The Hall–Kier alpha value is -1.66. The van der Waals surface area contributed by atoms with Crippen LogP contribution >= 0.6 is 23.7 Å². The predicted octanol–water partition coefficient (Wildman–Crippen LogP) is 4.19. The van der Waals surface area contributed by atoms with Crippen LogP contribution in [0, 0.1) is 5.41 Å². The van der Waals surface area contributed by atoms with Gasteiger partial charge in [0.15, 0.2) is 0 Å². The van der Waals surface area contributed by atoms with E-state index < -0.39 is 0 Å². The van der Waals surface area contributed by atoms with Crippen LogP contribution in [0.4, 0.5) is 0 Å². The molecule has 1 saturated heterocycles. The molecular formula is C20H25ClN4S. The number of para-hydroxylation sites is 1. The number of benzene rings is 1. The number of hydrogen-bond acceptors (Lipinski definition) is 4. The summed E-state index contributed by atoms with van der Waals surface area (Å²) in [6.45, 7) is 6.14. The number of likely N-dealkylation sites (tertiary alicyclic amines) is 1. The van der Waals surface area contributed by atoms with Crippen molar-refractivity contribution >= 4 is 23.7 Å². The molecule has 6 heteroatoms. The van der Waals surface area contributed by atoms with Gasteiger partial charge in [-0.1, -0.05) is 31.2 Å². The van der Waals surface area contributed by atoms with E-state index in [4.69, 9.17) is 10.8 Å². The molecule has 1 aliphatic heterocycles. The van der Waals surface area contributed by atoms with Crippen molar-refractivity contribution in [1.82, 2.24) is 14.7 Å². The van der Waals surface area contributed by atoms with E-state index in [-0.39, 0.29) is 17.8 Å². The molecule has 4 nitrogen and oxygen atoms in total. The van der Waals surface area contributed by atoms with E-state index in [0.29, 0.717) is 0 Å². The minimum atomic E-state index is 0. The quantitative estimate of drug-likeness (QED) is 0.712. The Balaban J connectivity index is 0.00000196. The van der Waals surface area contributed by atoms with Gasteiger partial charge in [-0.3, -0.25) is 4.90 Å². The molecule has 1 fully saturated rings. The molecule has 1 atom stereocenters. The van der Waals surface area contributed by atoms with Crippen molar-refractivity contribution in [2.45, 2.75) is 19.9 Å². The maximum Gasteiger partial charge on any atom is 0.107 e. The molecule has 3 aromatic rings. The standard InChI is InChI=1S/C20H24N4S.ClH/c1-20(14-21)9-10-23(15-20)12-16-13-24(17-6-3-2-4-7-17)22-19(16)18-8-5-11-25-18;/h2-8,11,13H,9-10,12,14-15,21H2,1H3;1H. The highest BCUT2D eigenvalue weighted by atomic mass is 35.5. The van der Waals surface area contributed by atoms with Gasteiger partial charge < -0.3 is 5.73 Å². The highest BCUT2D eigenvalue weighted by Crippen LogP contribution is 2.33. The van der Waals surface area contributed by atoms with Crippen molar-refractivity contribution in [3.8, 4) is 16.3 Å². The fraction of sp³-hybridized carbons (Fsp3) is 0.350. The summed E-state index contributed by atoms with van der Waals surface area (Å²) in [6.07, 6.45) is 3.35. The normalized spacial score (nSPS) is 20.2. The molecular weight excluding hydrogens is 364 g/mol. The van der Waals surface area contributed by atoms with Crippen LogP contribution in [0.2, 0.25) is 0 Å². The van der Waals surface area contributed by atoms with Gasteiger partial charge in [0.25, 0.3) is 0 Å². The largest absolute Gasteiger partial charge is 0.330 e. The lowest BCUT2D eigenvalue weighted by atomic mass is 9.90. The van der Waals surface area contributed by atoms with E-state index >= 15 is 0 Å². The van der Waals surface area contributed by atoms with Crippen LogP contribution in [0.3, 0.4) is 0 Å². The summed E-state index contributed by atoms with van der Waals surface area (Å²) in [6, 6.07) is 14.6. The fourth-order valence-corrected chi connectivity index (χ4v) is 4.27. The monoisotopic (exact) mass is 388 g/mol. The molecule has 0 radical (unpaired) electrons. The van der Waals surface area contributed by atoms with Gasteiger partial charge >= 0.3 is 0 Å². The Morgan fingerprint density at radius 3 is 2.65 bits per heavy atom. The molecule has 1 aliphatic rings. The van der Waals surface area contributed by atoms with Crippen molar-refractivity contribution in [3.63, 3.8) is 0 Å². The Morgan fingerprint density at radius 1 is 1.19 bits per heavy atom. The zero-order chi connectivity index (χ0) is 17.3. The lowest BCUT2D eigenvalue weighted by molar-refractivity contribution is 0.275. The third-order valence-corrected chi connectivity index (χ3v) is 5.97. The first-order chi connectivity index (χ1) is 12.2. The number of halogens is 1. The van der Waals surface area contributed by atoms with Gasteiger partial charge in [-0.05, 0) is 48.5 Å². The molecule has 26 heavy (non-hydrogen) atoms. The van der Waals surface area contributed by atoms with Gasteiger partial charge in [-0.25, -0.2) is 4.68 Å². The lowest BCUT2D eigenvalue weighted by Crippen LogP contribution is -2.31. The molecule has 0 aliphatic carbocycles. The van der Waals surface area contributed by atoms with Gasteiger partial charge in [-0.2, -0.15) is 5.10 Å². The summed E-state index contributed by atoms with van der Waals surface area (Å²) in [7, 11) is 0. The average Bonchev–Trinajstić information content (AvgIpc) is 3.36. The minimum absolute atomic E-state index is 0. The number of nitrogens with zero attached hydrogens (tertiary/aromatic N) is 3. The highest BCUT2D eigenvalue weighted by Gasteiger charge is 2.33. The molecule has 1 aromatic carbocycles. The summed E-state index contributed by atoms with van der Waals surface area (Å²) >= 11 is 1.75. The number of rotatable bonds is 5. The summed E-state index contributed by atoms with van der Waals surface area (Å²) in [5.74, 6) is 0. The van der Waals surface area contributed by atoms with Crippen LogP contribution in [0.5, 0.6) is 0 Å². The Morgan fingerprint density at radius 2 is 2.00 bits per heavy atom. The molecule has 2 N–H and O–H groups in total. The van der Waals surface area contributed by atoms with Crippen molar-refractivity contribution in [1.29, 1.82) is 0 Å². The van der Waals surface area contributed by atoms with Crippen LogP contribution in [0.1, 0.15) is 18.9 Å². The zero-order valence-electron chi connectivity index (χ0n) is 15.0. The first-order valence-corrected chi connectivity index (χ1v) is 9.65. The van der Waals surface area contributed by atoms with Gasteiger partial charge in [-0.15, -0.1) is 23.7 Å². The van der Waals surface area contributed by atoms with Crippen molar-refractivity contribution in [2.75, 3.05) is 19.6 Å². The van der Waals surface area contributed by atoms with Crippen molar-refractivity contribution in [3.05, 3.63) is 59.6 Å². The smallest absolute Gasteiger partial charge is 0.107 e. The first kappa shape index (κ1) is 19.1. The van der Waals surface area contributed by atoms with Crippen LogP contribution in [0.25, 0.3) is 16.3 Å². The second-order valence-electron chi connectivity index (χ2n) is 7.24. The third kappa shape index (κ3) is 3.86. The second-order valence-corrected chi connectivity index (χ2v) is 8.18. The summed E-state index contributed by atoms with van der Waals surface area (Å²) in [5.41, 5.74) is 9.70. The fourth-order valence-electron chi connectivity index (χ4n) is 3.53. The Labute approximate surface area is 165 Å². The maximum atomic E-state index is 5.97. The molecule has 0 spiro atoms. The number of nitrogens with two attached hydrogens (primary N) is 1. The molecule has 2 aromatic heterocycles. The van der Waals surface area contributed by atoms with Crippen LogP contribution in [-0.2, 0) is 6.54 Å². The Bertz CT molecular complexity index is 831.